The van der Waals surface area contributed by atoms with Crippen LogP contribution in [0, 0.1) is 0 Å². The molecule has 4 aromatic rings. The molecule has 0 spiro atoms. The summed E-state index contributed by atoms with van der Waals surface area (Å²) in [4.78, 5) is 17.7. The van der Waals surface area contributed by atoms with E-state index in [0.29, 0.717) is 20.7 Å². The van der Waals surface area contributed by atoms with Crippen LogP contribution in [0.3, 0.4) is 0 Å². The van der Waals surface area contributed by atoms with Crippen LogP contribution in [0.2, 0.25) is 5.02 Å². The Morgan fingerprint density at radius 2 is 1.77 bits per heavy atom. The van der Waals surface area contributed by atoms with Crippen molar-refractivity contribution >= 4 is 49.0 Å². The second-order valence-corrected chi connectivity index (χ2v) is 10.1. The van der Waals surface area contributed by atoms with Gasteiger partial charge in [-0.3, -0.25) is 10.1 Å². The van der Waals surface area contributed by atoms with Gasteiger partial charge in [-0.1, -0.05) is 35.1 Å². The second-order valence-electron chi connectivity index (χ2n) is 6.53. The summed E-state index contributed by atoms with van der Waals surface area (Å²) in [5.74, 6) is -0.390. The Morgan fingerprint density at radius 3 is 2.37 bits per heavy atom. The number of sulfonamides is 1. The van der Waals surface area contributed by atoms with Gasteiger partial charge in [0.2, 0.25) is 20.1 Å². The Morgan fingerprint density at radius 1 is 1.10 bits per heavy atom. The third-order valence-electron chi connectivity index (χ3n) is 4.30. The smallest absolute Gasteiger partial charge is 0.257 e. The quantitative estimate of drug-likeness (QED) is 0.489. The van der Waals surface area contributed by atoms with Crippen molar-refractivity contribution < 1.29 is 13.2 Å². The molecule has 0 aliphatic rings. The maximum Gasteiger partial charge on any atom is 0.257 e. The van der Waals surface area contributed by atoms with Crippen LogP contribution in [-0.2, 0) is 10.0 Å². The third kappa shape index (κ3) is 3.94. The molecule has 0 aliphatic carbocycles. The van der Waals surface area contributed by atoms with Crippen molar-refractivity contribution in [1.29, 1.82) is 0 Å². The minimum atomic E-state index is -3.55. The maximum absolute atomic E-state index is 12.5. The molecule has 11 heteroatoms. The molecule has 0 fully saturated rings. The van der Waals surface area contributed by atoms with Gasteiger partial charge in [0.25, 0.3) is 5.91 Å². The Labute approximate surface area is 181 Å². The number of nitrogens with one attached hydrogen (secondary N) is 1. The number of hydrogen-bond acceptors (Lipinski definition) is 6. The lowest BCUT2D eigenvalue weighted by molar-refractivity contribution is 0.102. The van der Waals surface area contributed by atoms with Gasteiger partial charge >= 0.3 is 0 Å². The summed E-state index contributed by atoms with van der Waals surface area (Å²) in [7, 11) is -0.642. The number of hydrogen-bond donors (Lipinski definition) is 1. The molecule has 2 aromatic carbocycles. The minimum Gasteiger partial charge on any atom is -0.296 e. The number of nitrogens with zero attached hydrogens (tertiary/aromatic N) is 4. The molecule has 0 unspecified atom stereocenters. The van der Waals surface area contributed by atoms with E-state index in [-0.39, 0.29) is 4.90 Å². The molecule has 0 saturated carbocycles. The van der Waals surface area contributed by atoms with Crippen LogP contribution in [0.25, 0.3) is 16.2 Å². The van der Waals surface area contributed by atoms with Gasteiger partial charge in [0, 0.05) is 30.2 Å². The molecule has 4 rings (SSSR count). The molecular formula is C19H16ClN5O3S2. The van der Waals surface area contributed by atoms with Gasteiger partial charge in [0.15, 0.2) is 0 Å². The highest BCUT2D eigenvalue weighted by Gasteiger charge is 2.18. The Balaban J connectivity index is 1.50. The van der Waals surface area contributed by atoms with Crippen LogP contribution in [0.1, 0.15) is 10.4 Å². The summed E-state index contributed by atoms with van der Waals surface area (Å²) in [6, 6.07) is 13.0. The van der Waals surface area contributed by atoms with Crippen LogP contribution < -0.4 is 5.32 Å². The average Bonchev–Trinajstić information content (AvgIpc) is 3.27. The monoisotopic (exact) mass is 461 g/mol. The van der Waals surface area contributed by atoms with Gasteiger partial charge in [0.05, 0.1) is 16.8 Å². The first-order valence-corrected chi connectivity index (χ1v) is 11.3. The molecule has 0 atom stereocenters. The number of aromatic nitrogens is 3. The lowest BCUT2D eigenvalue weighted by atomic mass is 10.2. The van der Waals surface area contributed by atoms with E-state index in [1.54, 1.807) is 22.8 Å². The first kappa shape index (κ1) is 20.5. The molecule has 2 heterocycles. The van der Waals surface area contributed by atoms with Crippen molar-refractivity contribution in [1.82, 2.24) is 18.9 Å². The first-order chi connectivity index (χ1) is 14.2. The Hall–Kier alpha value is -2.79. The normalized spacial score (nSPS) is 11.9. The zero-order valence-electron chi connectivity index (χ0n) is 15.9. The summed E-state index contributed by atoms with van der Waals surface area (Å²) >= 11 is 7.14. The third-order valence-corrected chi connectivity index (χ3v) is 7.22. The van der Waals surface area contributed by atoms with Gasteiger partial charge in [-0.2, -0.15) is 0 Å². The molecule has 0 radical (unpaired) electrons. The first-order valence-electron chi connectivity index (χ1n) is 8.70. The van der Waals surface area contributed by atoms with E-state index in [1.165, 1.54) is 49.7 Å². The van der Waals surface area contributed by atoms with Gasteiger partial charge in [-0.25, -0.2) is 22.2 Å². The summed E-state index contributed by atoms with van der Waals surface area (Å²) in [6.45, 7) is 0. The van der Waals surface area contributed by atoms with Gasteiger partial charge in [0.1, 0.15) is 0 Å². The Bertz CT molecular complexity index is 1300. The number of halogens is 1. The highest BCUT2D eigenvalue weighted by Crippen LogP contribution is 2.26. The van der Waals surface area contributed by atoms with Crippen LogP contribution >= 0.6 is 22.9 Å². The number of amides is 1. The number of rotatable bonds is 5. The zero-order valence-corrected chi connectivity index (χ0v) is 18.3. The van der Waals surface area contributed by atoms with Gasteiger partial charge < -0.3 is 0 Å². The number of imidazole rings is 1. The lowest BCUT2D eigenvalue weighted by Gasteiger charge is -2.11. The van der Waals surface area contributed by atoms with Crippen molar-refractivity contribution in [3.63, 3.8) is 0 Å². The number of fused-ring (bicyclic) bond motifs is 1. The lowest BCUT2D eigenvalue weighted by Crippen LogP contribution is -2.22. The number of anilines is 1. The topological polar surface area (TPSA) is 96.7 Å². The summed E-state index contributed by atoms with van der Waals surface area (Å²) in [5, 5.41) is 8.08. The Kier molecular flexibility index (Phi) is 5.33. The molecule has 1 N–H and O–H groups in total. The van der Waals surface area contributed by atoms with Crippen LogP contribution in [0.4, 0.5) is 5.13 Å². The number of benzene rings is 2. The maximum atomic E-state index is 12.5. The molecule has 154 valence electrons. The highest BCUT2D eigenvalue weighted by atomic mass is 35.5. The van der Waals surface area contributed by atoms with E-state index in [2.05, 4.69) is 15.4 Å². The standard InChI is InChI=1S/C19H16ClN5O3S2/c1-24(2)30(27,28)15-9-5-13(6-10-15)17(26)22-18-23-25-11-16(21-19(25)29-18)12-3-7-14(20)8-4-12/h3-11H,1-2H3,(H,22,23,26). The van der Waals surface area contributed by atoms with Crippen molar-refractivity contribution in [3.05, 3.63) is 65.3 Å². The molecule has 30 heavy (non-hydrogen) atoms. The molecule has 1 amide bonds. The second kappa shape index (κ2) is 7.80. The van der Waals surface area contributed by atoms with Gasteiger partial charge in [-0.05, 0) is 36.4 Å². The largest absolute Gasteiger partial charge is 0.296 e. The number of carbonyl (C=O) groups is 1. The predicted octanol–water partition coefficient (Wildman–Crippen LogP) is 3.61. The highest BCUT2D eigenvalue weighted by molar-refractivity contribution is 7.89. The van der Waals surface area contributed by atoms with Crippen LogP contribution in [-0.4, -0.2) is 47.3 Å². The van der Waals surface area contributed by atoms with Crippen LogP contribution in [0.15, 0.2) is 59.6 Å². The summed E-state index contributed by atoms with van der Waals surface area (Å²) in [6.07, 6.45) is 1.77. The molecular weight excluding hydrogens is 446 g/mol. The van der Waals surface area contributed by atoms with E-state index in [1.807, 2.05) is 12.1 Å². The van der Waals surface area contributed by atoms with Crippen LogP contribution in [0.5, 0.6) is 0 Å². The zero-order chi connectivity index (χ0) is 21.5. The fourth-order valence-electron chi connectivity index (χ4n) is 2.67. The van der Waals surface area contributed by atoms with E-state index in [4.69, 9.17) is 11.6 Å². The van der Waals surface area contributed by atoms with Crippen molar-refractivity contribution in [2.75, 3.05) is 19.4 Å². The molecule has 0 bridgehead atoms. The minimum absolute atomic E-state index is 0.117. The van der Waals surface area contributed by atoms with E-state index < -0.39 is 15.9 Å². The van der Waals surface area contributed by atoms with E-state index in [0.717, 1.165) is 15.6 Å². The van der Waals surface area contributed by atoms with Crippen molar-refractivity contribution in [2.45, 2.75) is 4.90 Å². The molecule has 0 aliphatic heterocycles. The fourth-order valence-corrected chi connectivity index (χ4v) is 4.47. The van der Waals surface area contributed by atoms with Crippen molar-refractivity contribution in [3.8, 4) is 11.3 Å². The van der Waals surface area contributed by atoms with Gasteiger partial charge in [-0.15, -0.1) is 5.10 Å². The molecule has 8 nitrogen and oxygen atoms in total. The van der Waals surface area contributed by atoms with E-state index >= 15 is 0 Å². The molecule has 0 saturated heterocycles. The molecule has 2 aromatic heterocycles. The SMILES string of the molecule is CN(C)S(=O)(=O)c1ccc(C(=O)Nc2nn3cc(-c4ccc(Cl)cc4)nc3s2)cc1. The fraction of sp³-hybridized carbons (Fsp3) is 0.105. The van der Waals surface area contributed by atoms with Crippen molar-refractivity contribution in [2.24, 2.45) is 0 Å². The van der Waals surface area contributed by atoms with E-state index in [9.17, 15) is 13.2 Å². The predicted molar refractivity (Wildman–Crippen MR) is 117 cm³/mol. The summed E-state index contributed by atoms with van der Waals surface area (Å²) in [5.41, 5.74) is 1.99. The average molecular weight is 462 g/mol. The summed E-state index contributed by atoms with van der Waals surface area (Å²) < 4.78 is 27.0. The number of carbonyl (C=O) groups excluding carboxylic acids is 1.